The molecule has 20 heavy (non-hydrogen) atoms. The van der Waals surface area contributed by atoms with E-state index in [1.165, 1.54) is 6.07 Å². The van der Waals surface area contributed by atoms with Gasteiger partial charge in [-0.1, -0.05) is 30.9 Å². The van der Waals surface area contributed by atoms with Crippen molar-refractivity contribution in [3.05, 3.63) is 59.9 Å². The van der Waals surface area contributed by atoms with Gasteiger partial charge in [-0.15, -0.1) is 0 Å². The second-order valence-corrected chi connectivity index (χ2v) is 4.25. The van der Waals surface area contributed by atoms with Crippen LogP contribution in [0.4, 0.5) is 4.39 Å². The highest BCUT2D eigenvalue weighted by molar-refractivity contribution is 5.40. The van der Waals surface area contributed by atoms with Gasteiger partial charge in [0.05, 0.1) is 0 Å². The minimum atomic E-state index is -0.607. The largest absolute Gasteiger partial charge is 0.454 e. The summed E-state index contributed by atoms with van der Waals surface area (Å²) < 4.78 is 18.9. The first-order valence-corrected chi connectivity index (χ1v) is 6.41. The van der Waals surface area contributed by atoms with E-state index in [9.17, 15) is 9.50 Å². The summed E-state index contributed by atoms with van der Waals surface area (Å²) in [5, 5.41) is 9.36. The molecule has 1 atom stereocenters. The van der Waals surface area contributed by atoms with E-state index in [0.717, 1.165) is 5.56 Å². The van der Waals surface area contributed by atoms with Crippen molar-refractivity contribution >= 4 is 0 Å². The summed E-state index contributed by atoms with van der Waals surface area (Å²) >= 11 is 0. The SMILES string of the molecule is CCC(O)C#Cc1ccc(Oc2ccccc2F)cc1. The maximum Gasteiger partial charge on any atom is 0.165 e. The number of ether oxygens (including phenoxy) is 1. The lowest BCUT2D eigenvalue weighted by atomic mass is 10.2. The minimum absolute atomic E-state index is 0.188. The van der Waals surface area contributed by atoms with Crippen LogP contribution in [0.5, 0.6) is 11.5 Å². The Morgan fingerprint density at radius 1 is 1.15 bits per heavy atom. The second kappa shape index (κ2) is 6.74. The first kappa shape index (κ1) is 14.1. The molecule has 1 unspecified atom stereocenters. The number of para-hydroxylation sites is 1. The maximum absolute atomic E-state index is 13.4. The van der Waals surface area contributed by atoms with E-state index in [1.807, 2.05) is 6.92 Å². The predicted molar refractivity (Wildman–Crippen MR) is 76.1 cm³/mol. The van der Waals surface area contributed by atoms with E-state index in [1.54, 1.807) is 42.5 Å². The van der Waals surface area contributed by atoms with Crippen LogP contribution in [0, 0.1) is 17.7 Å². The molecule has 0 amide bonds. The number of halogens is 1. The lowest BCUT2D eigenvalue weighted by molar-refractivity contribution is 0.228. The van der Waals surface area contributed by atoms with Crippen LogP contribution < -0.4 is 4.74 Å². The van der Waals surface area contributed by atoms with Crippen LogP contribution in [0.15, 0.2) is 48.5 Å². The van der Waals surface area contributed by atoms with Crippen LogP contribution in [0.3, 0.4) is 0 Å². The van der Waals surface area contributed by atoms with E-state index in [0.29, 0.717) is 12.2 Å². The molecule has 0 spiro atoms. The average Bonchev–Trinajstić information content (AvgIpc) is 2.48. The summed E-state index contributed by atoms with van der Waals surface area (Å²) in [6, 6.07) is 13.2. The number of hydrogen-bond donors (Lipinski definition) is 1. The van der Waals surface area contributed by atoms with Gasteiger partial charge < -0.3 is 9.84 Å². The fourth-order valence-electron chi connectivity index (χ4n) is 1.53. The van der Waals surface area contributed by atoms with Crippen LogP contribution in [-0.2, 0) is 0 Å². The highest BCUT2D eigenvalue weighted by Gasteiger charge is 2.02. The zero-order valence-electron chi connectivity index (χ0n) is 11.1. The van der Waals surface area contributed by atoms with E-state index in [-0.39, 0.29) is 5.75 Å². The van der Waals surface area contributed by atoms with Crippen LogP contribution in [-0.4, -0.2) is 11.2 Å². The lowest BCUT2D eigenvalue weighted by Gasteiger charge is -2.06. The topological polar surface area (TPSA) is 29.5 Å². The van der Waals surface area contributed by atoms with Crippen molar-refractivity contribution < 1.29 is 14.2 Å². The molecule has 0 aromatic heterocycles. The van der Waals surface area contributed by atoms with Crippen molar-refractivity contribution in [1.29, 1.82) is 0 Å². The molecule has 2 aromatic rings. The van der Waals surface area contributed by atoms with Gasteiger partial charge in [-0.3, -0.25) is 0 Å². The molecule has 0 aliphatic rings. The number of aliphatic hydroxyl groups is 1. The zero-order chi connectivity index (χ0) is 14.4. The molecule has 2 aromatic carbocycles. The minimum Gasteiger partial charge on any atom is -0.454 e. The summed E-state index contributed by atoms with van der Waals surface area (Å²) in [5.41, 5.74) is 0.776. The molecule has 2 rings (SSSR count). The summed E-state index contributed by atoms with van der Waals surface area (Å²) in [6.45, 7) is 1.87. The molecule has 0 fully saturated rings. The van der Waals surface area contributed by atoms with Crippen molar-refractivity contribution in [2.75, 3.05) is 0 Å². The highest BCUT2D eigenvalue weighted by Crippen LogP contribution is 2.23. The van der Waals surface area contributed by atoms with Gasteiger partial charge in [-0.2, -0.15) is 0 Å². The van der Waals surface area contributed by atoms with Gasteiger partial charge in [0.15, 0.2) is 11.6 Å². The Labute approximate surface area is 117 Å². The Balaban J connectivity index is 2.08. The highest BCUT2D eigenvalue weighted by atomic mass is 19.1. The molecule has 0 bridgehead atoms. The van der Waals surface area contributed by atoms with Crippen LogP contribution in [0.25, 0.3) is 0 Å². The quantitative estimate of drug-likeness (QED) is 0.861. The monoisotopic (exact) mass is 270 g/mol. The van der Waals surface area contributed by atoms with Crippen molar-refractivity contribution in [2.45, 2.75) is 19.4 Å². The molecular formula is C17H15FO2. The molecule has 1 N–H and O–H groups in total. The van der Waals surface area contributed by atoms with Crippen LogP contribution in [0.2, 0.25) is 0 Å². The molecule has 2 nitrogen and oxygen atoms in total. The Bertz CT molecular complexity index is 623. The molecule has 0 saturated heterocycles. The van der Waals surface area contributed by atoms with Gasteiger partial charge in [-0.25, -0.2) is 4.39 Å². The van der Waals surface area contributed by atoms with Gasteiger partial charge in [-0.05, 0) is 42.8 Å². The van der Waals surface area contributed by atoms with Crippen molar-refractivity contribution in [2.24, 2.45) is 0 Å². The Morgan fingerprint density at radius 2 is 1.85 bits per heavy atom. The summed E-state index contributed by atoms with van der Waals surface area (Å²) in [4.78, 5) is 0. The van der Waals surface area contributed by atoms with Gasteiger partial charge in [0.2, 0.25) is 0 Å². The summed E-state index contributed by atoms with van der Waals surface area (Å²) in [6.07, 6.45) is -0.00840. The van der Waals surface area contributed by atoms with E-state index < -0.39 is 11.9 Å². The standard InChI is InChI=1S/C17H15FO2/c1-2-14(19)10-7-13-8-11-15(12-9-13)20-17-6-4-3-5-16(17)18/h3-6,8-9,11-12,14,19H,2H2,1H3. The molecular weight excluding hydrogens is 255 g/mol. The van der Waals surface area contributed by atoms with E-state index in [4.69, 9.17) is 4.74 Å². The molecule has 102 valence electrons. The number of aliphatic hydroxyl groups excluding tert-OH is 1. The van der Waals surface area contributed by atoms with Crippen LogP contribution >= 0.6 is 0 Å². The lowest BCUT2D eigenvalue weighted by Crippen LogP contribution is -1.98. The molecule has 3 heteroatoms. The molecule has 0 heterocycles. The third kappa shape index (κ3) is 3.84. The molecule has 0 saturated carbocycles. The van der Waals surface area contributed by atoms with Gasteiger partial charge >= 0.3 is 0 Å². The first-order valence-electron chi connectivity index (χ1n) is 6.41. The maximum atomic E-state index is 13.4. The predicted octanol–water partition coefficient (Wildman–Crippen LogP) is 3.74. The second-order valence-electron chi connectivity index (χ2n) is 4.25. The Hall–Kier alpha value is -2.31. The van der Waals surface area contributed by atoms with Gasteiger partial charge in [0.25, 0.3) is 0 Å². The van der Waals surface area contributed by atoms with Crippen molar-refractivity contribution in [1.82, 2.24) is 0 Å². The van der Waals surface area contributed by atoms with Crippen molar-refractivity contribution in [3.63, 3.8) is 0 Å². The Kier molecular flexibility index (Phi) is 4.75. The summed E-state index contributed by atoms with van der Waals surface area (Å²) in [7, 11) is 0. The first-order chi connectivity index (χ1) is 9.69. The number of benzene rings is 2. The van der Waals surface area contributed by atoms with Gasteiger partial charge in [0, 0.05) is 5.56 Å². The molecule has 0 aliphatic carbocycles. The van der Waals surface area contributed by atoms with E-state index in [2.05, 4.69) is 11.8 Å². The average molecular weight is 270 g/mol. The number of rotatable bonds is 3. The van der Waals surface area contributed by atoms with E-state index >= 15 is 0 Å². The third-order valence-corrected chi connectivity index (χ3v) is 2.69. The fraction of sp³-hybridized carbons (Fsp3) is 0.176. The third-order valence-electron chi connectivity index (χ3n) is 2.69. The smallest absolute Gasteiger partial charge is 0.165 e. The Morgan fingerprint density at radius 3 is 2.50 bits per heavy atom. The van der Waals surface area contributed by atoms with Crippen molar-refractivity contribution in [3.8, 4) is 23.3 Å². The zero-order valence-corrected chi connectivity index (χ0v) is 11.1. The molecule has 0 radical (unpaired) electrons. The normalized spacial score (nSPS) is 11.3. The number of hydrogen-bond acceptors (Lipinski definition) is 2. The van der Waals surface area contributed by atoms with Gasteiger partial charge in [0.1, 0.15) is 11.9 Å². The molecule has 0 aliphatic heterocycles. The van der Waals surface area contributed by atoms with Crippen LogP contribution in [0.1, 0.15) is 18.9 Å². The fourth-order valence-corrected chi connectivity index (χ4v) is 1.53. The summed E-state index contributed by atoms with van der Waals surface area (Å²) in [5.74, 6) is 5.93.